The van der Waals surface area contributed by atoms with Crippen molar-refractivity contribution in [3.8, 4) is 5.75 Å². The first-order chi connectivity index (χ1) is 8.36. The van der Waals surface area contributed by atoms with Gasteiger partial charge in [0.05, 0.1) is 18.2 Å². The quantitative estimate of drug-likeness (QED) is 0.775. The molecule has 4 nitrogen and oxygen atoms in total. The normalized spacial score (nSPS) is 10.4. The maximum Gasteiger partial charge on any atom is 0.140 e. The van der Waals surface area contributed by atoms with Crippen molar-refractivity contribution in [2.45, 2.75) is 13.5 Å². The lowest BCUT2D eigenvalue weighted by atomic mass is 10.3. The van der Waals surface area contributed by atoms with E-state index in [9.17, 15) is 0 Å². The number of ether oxygens (including phenoxy) is 1. The number of hydrogen-bond acceptors (Lipinski definition) is 4. The van der Waals surface area contributed by atoms with Crippen LogP contribution in [0.3, 0.4) is 0 Å². The topological polar surface area (TPSA) is 47.3 Å². The van der Waals surface area contributed by atoms with Crippen LogP contribution < -0.4 is 10.1 Å². The van der Waals surface area contributed by atoms with Crippen molar-refractivity contribution in [1.29, 1.82) is 0 Å². The molecule has 0 aliphatic rings. The highest BCUT2D eigenvalue weighted by Crippen LogP contribution is 2.12. The zero-order valence-corrected chi connectivity index (χ0v) is 9.85. The van der Waals surface area contributed by atoms with Crippen LogP contribution >= 0.6 is 0 Å². The van der Waals surface area contributed by atoms with Crippen molar-refractivity contribution in [3.63, 3.8) is 0 Å². The number of rotatable bonds is 6. The molecule has 0 aliphatic heterocycles. The number of furan rings is 1. The lowest BCUT2D eigenvalue weighted by Crippen LogP contribution is -2.20. The molecule has 0 aliphatic carbocycles. The second kappa shape index (κ2) is 6.06. The van der Waals surface area contributed by atoms with Gasteiger partial charge in [0, 0.05) is 24.8 Å². The van der Waals surface area contributed by atoms with Gasteiger partial charge in [0.15, 0.2) is 0 Å². The summed E-state index contributed by atoms with van der Waals surface area (Å²) in [4.78, 5) is 4.16. The Balaban J connectivity index is 1.65. The summed E-state index contributed by atoms with van der Waals surface area (Å²) in [6.45, 7) is 4.16. The molecule has 0 radical (unpaired) electrons. The van der Waals surface area contributed by atoms with Crippen molar-refractivity contribution >= 4 is 0 Å². The molecule has 2 heterocycles. The first-order valence-corrected chi connectivity index (χ1v) is 5.62. The van der Waals surface area contributed by atoms with E-state index in [1.807, 2.05) is 25.1 Å². The highest BCUT2D eigenvalue weighted by molar-refractivity contribution is 5.25. The maximum absolute atomic E-state index is 5.61. The molecule has 2 aromatic rings. The highest BCUT2D eigenvalue weighted by atomic mass is 16.5. The summed E-state index contributed by atoms with van der Waals surface area (Å²) in [5.74, 6) is 0.845. The van der Waals surface area contributed by atoms with Gasteiger partial charge in [-0.3, -0.25) is 4.98 Å². The average Bonchev–Trinajstić information content (AvgIpc) is 2.84. The number of aryl methyl sites for hydroxylation is 1. The van der Waals surface area contributed by atoms with Gasteiger partial charge in [-0.15, -0.1) is 0 Å². The average molecular weight is 232 g/mol. The molecule has 1 N–H and O–H groups in total. The van der Waals surface area contributed by atoms with Gasteiger partial charge >= 0.3 is 0 Å². The Hall–Kier alpha value is -1.81. The zero-order chi connectivity index (χ0) is 11.9. The molecular weight excluding hydrogens is 216 g/mol. The van der Waals surface area contributed by atoms with E-state index in [0.29, 0.717) is 6.61 Å². The fourth-order valence-corrected chi connectivity index (χ4v) is 1.48. The van der Waals surface area contributed by atoms with E-state index >= 15 is 0 Å². The van der Waals surface area contributed by atoms with E-state index in [-0.39, 0.29) is 0 Å². The summed E-state index contributed by atoms with van der Waals surface area (Å²) in [5, 5.41) is 3.27. The van der Waals surface area contributed by atoms with Crippen LogP contribution in [0.5, 0.6) is 5.75 Å². The summed E-state index contributed by atoms with van der Waals surface area (Å²) in [7, 11) is 0. The SMILES string of the molecule is Cc1ncccc1OCCNCc1ccoc1. The lowest BCUT2D eigenvalue weighted by molar-refractivity contribution is 0.310. The predicted molar refractivity (Wildman–Crippen MR) is 64.9 cm³/mol. The van der Waals surface area contributed by atoms with E-state index < -0.39 is 0 Å². The van der Waals surface area contributed by atoms with Gasteiger partial charge in [0.25, 0.3) is 0 Å². The molecule has 0 spiro atoms. The molecule has 0 saturated carbocycles. The molecule has 0 saturated heterocycles. The Bertz CT molecular complexity index is 440. The molecule has 17 heavy (non-hydrogen) atoms. The lowest BCUT2D eigenvalue weighted by Gasteiger charge is -2.08. The Morgan fingerprint density at radius 3 is 3.12 bits per heavy atom. The number of nitrogens with zero attached hydrogens (tertiary/aromatic N) is 1. The zero-order valence-electron chi connectivity index (χ0n) is 9.85. The second-order valence-corrected chi connectivity index (χ2v) is 3.74. The third kappa shape index (κ3) is 3.60. The molecule has 2 aromatic heterocycles. The van der Waals surface area contributed by atoms with Gasteiger partial charge in [0.2, 0.25) is 0 Å². The first-order valence-electron chi connectivity index (χ1n) is 5.62. The number of aromatic nitrogens is 1. The van der Waals surface area contributed by atoms with Crippen LogP contribution in [0, 0.1) is 6.92 Å². The third-order valence-corrected chi connectivity index (χ3v) is 2.40. The fraction of sp³-hybridized carbons (Fsp3) is 0.308. The largest absolute Gasteiger partial charge is 0.490 e. The van der Waals surface area contributed by atoms with Crippen LogP contribution in [-0.2, 0) is 6.54 Å². The Labute approximate surface area is 101 Å². The van der Waals surface area contributed by atoms with Crippen LogP contribution in [-0.4, -0.2) is 18.1 Å². The summed E-state index contributed by atoms with van der Waals surface area (Å²) in [5.41, 5.74) is 2.06. The molecule has 0 amide bonds. The van der Waals surface area contributed by atoms with E-state index in [1.165, 1.54) is 0 Å². The highest BCUT2D eigenvalue weighted by Gasteiger charge is 1.98. The minimum Gasteiger partial charge on any atom is -0.490 e. The maximum atomic E-state index is 5.61. The molecule has 2 rings (SSSR count). The van der Waals surface area contributed by atoms with Gasteiger partial charge < -0.3 is 14.5 Å². The summed E-state index contributed by atoms with van der Waals surface area (Å²) < 4.78 is 10.6. The Morgan fingerprint density at radius 2 is 2.35 bits per heavy atom. The van der Waals surface area contributed by atoms with Crippen LogP contribution in [0.1, 0.15) is 11.3 Å². The molecule has 0 unspecified atom stereocenters. The molecule has 0 atom stereocenters. The monoisotopic (exact) mass is 232 g/mol. The van der Waals surface area contributed by atoms with Crippen molar-refractivity contribution < 1.29 is 9.15 Å². The predicted octanol–water partition coefficient (Wildman–Crippen LogP) is 2.15. The van der Waals surface area contributed by atoms with Gasteiger partial charge in [-0.05, 0) is 25.1 Å². The summed E-state index contributed by atoms with van der Waals surface area (Å²) in [6.07, 6.45) is 5.17. The molecule has 0 bridgehead atoms. The van der Waals surface area contributed by atoms with Gasteiger partial charge in [-0.1, -0.05) is 0 Å². The molecule has 0 fully saturated rings. The van der Waals surface area contributed by atoms with E-state index in [1.54, 1.807) is 18.7 Å². The minimum atomic E-state index is 0.629. The van der Waals surface area contributed by atoms with E-state index in [4.69, 9.17) is 9.15 Å². The van der Waals surface area contributed by atoms with Crippen LogP contribution in [0.2, 0.25) is 0 Å². The Kier molecular flexibility index (Phi) is 4.16. The summed E-state index contributed by atoms with van der Waals surface area (Å²) >= 11 is 0. The number of hydrogen-bond donors (Lipinski definition) is 1. The van der Waals surface area contributed by atoms with Gasteiger partial charge in [0.1, 0.15) is 12.4 Å². The van der Waals surface area contributed by atoms with Crippen LogP contribution in [0.15, 0.2) is 41.3 Å². The van der Waals surface area contributed by atoms with Crippen molar-refractivity contribution in [2.75, 3.05) is 13.2 Å². The smallest absolute Gasteiger partial charge is 0.140 e. The summed E-state index contributed by atoms with van der Waals surface area (Å²) in [6, 6.07) is 5.75. The van der Waals surface area contributed by atoms with Crippen molar-refractivity contribution in [3.05, 3.63) is 48.2 Å². The van der Waals surface area contributed by atoms with Crippen LogP contribution in [0.4, 0.5) is 0 Å². The van der Waals surface area contributed by atoms with Crippen LogP contribution in [0.25, 0.3) is 0 Å². The first kappa shape index (κ1) is 11.7. The Morgan fingerprint density at radius 1 is 1.41 bits per heavy atom. The second-order valence-electron chi connectivity index (χ2n) is 3.74. The van der Waals surface area contributed by atoms with E-state index in [0.717, 1.165) is 30.1 Å². The standard InChI is InChI=1S/C13H16N2O2/c1-11-13(3-2-5-15-11)17-8-6-14-9-12-4-7-16-10-12/h2-5,7,10,14H,6,8-9H2,1H3. The van der Waals surface area contributed by atoms with E-state index in [2.05, 4.69) is 10.3 Å². The van der Waals surface area contributed by atoms with Crippen molar-refractivity contribution in [2.24, 2.45) is 0 Å². The number of nitrogens with one attached hydrogen (secondary N) is 1. The third-order valence-electron chi connectivity index (χ3n) is 2.40. The minimum absolute atomic E-state index is 0.629. The number of pyridine rings is 1. The molecular formula is C13H16N2O2. The molecule has 0 aromatic carbocycles. The van der Waals surface area contributed by atoms with Crippen molar-refractivity contribution in [1.82, 2.24) is 10.3 Å². The fourth-order valence-electron chi connectivity index (χ4n) is 1.48. The van der Waals surface area contributed by atoms with Gasteiger partial charge in [-0.25, -0.2) is 0 Å². The van der Waals surface area contributed by atoms with Gasteiger partial charge in [-0.2, -0.15) is 0 Å². The molecule has 4 heteroatoms. The molecule has 90 valence electrons.